The largest absolute Gasteiger partial charge is 0.545 e. The van der Waals surface area contributed by atoms with Crippen LogP contribution in [0.25, 0.3) is 11.1 Å². The third-order valence-corrected chi connectivity index (χ3v) is 2.83. The number of nitro benzene ring substituents is 2. The van der Waals surface area contributed by atoms with Crippen LogP contribution in [-0.2, 0) is 0 Å². The molecule has 0 aliphatic rings. The summed E-state index contributed by atoms with van der Waals surface area (Å²) in [5.74, 6) is -1.57. The van der Waals surface area contributed by atoms with Crippen molar-refractivity contribution in [2.24, 2.45) is 0 Å². The molecule has 0 saturated heterocycles. The van der Waals surface area contributed by atoms with Crippen molar-refractivity contribution in [2.75, 3.05) is 0 Å². The molecule has 0 aromatic heterocycles. The summed E-state index contributed by atoms with van der Waals surface area (Å²) in [6, 6.07) is 8.59. The smallest absolute Gasteiger partial charge is 0.284 e. The van der Waals surface area contributed by atoms with Gasteiger partial charge in [-0.25, -0.2) is 0 Å². The van der Waals surface area contributed by atoms with Crippen LogP contribution in [0, 0.1) is 20.2 Å². The van der Waals surface area contributed by atoms with Gasteiger partial charge in [0.15, 0.2) is 0 Å². The number of nitrogens with zero attached hydrogens (tertiary/aromatic N) is 2. The molecule has 0 amide bonds. The normalized spacial score (nSPS) is 10.1. The van der Waals surface area contributed by atoms with Gasteiger partial charge >= 0.3 is 0 Å². The minimum absolute atomic E-state index is 0.128. The number of carbonyl (C=O) groups is 1. The molecule has 0 fully saturated rings. The molecule has 0 spiro atoms. The average molecular weight is 287 g/mol. The van der Waals surface area contributed by atoms with Crippen molar-refractivity contribution in [3.05, 3.63) is 68.3 Å². The number of carbonyl (C=O) groups excluding carboxylic acids is 1. The molecule has 0 N–H and O–H groups in total. The molecule has 2 aromatic rings. The van der Waals surface area contributed by atoms with E-state index < -0.39 is 27.2 Å². The van der Waals surface area contributed by atoms with Gasteiger partial charge in [0, 0.05) is 23.3 Å². The number of rotatable bonds is 4. The summed E-state index contributed by atoms with van der Waals surface area (Å²) in [7, 11) is 0. The lowest BCUT2D eigenvalue weighted by Crippen LogP contribution is -2.23. The molecular weight excluding hydrogens is 280 g/mol. The zero-order valence-corrected chi connectivity index (χ0v) is 10.4. The summed E-state index contributed by atoms with van der Waals surface area (Å²) in [4.78, 5) is 31.7. The van der Waals surface area contributed by atoms with Crippen molar-refractivity contribution in [3.8, 4) is 11.1 Å². The first kappa shape index (κ1) is 14.1. The lowest BCUT2D eigenvalue weighted by molar-refractivity contribution is -0.392. The summed E-state index contributed by atoms with van der Waals surface area (Å²) in [6.45, 7) is 0. The third-order valence-electron chi connectivity index (χ3n) is 2.83. The van der Waals surface area contributed by atoms with Gasteiger partial charge in [0.2, 0.25) is 0 Å². The standard InChI is InChI=1S/C13H8N2O6/c16-13(17)9-5-2-1-4-8(9)12-10(14(18)19)6-3-7-11(12)15(20)21/h1-7H,(H,16,17)/p-1. The quantitative estimate of drug-likeness (QED) is 0.619. The van der Waals surface area contributed by atoms with E-state index in [1.807, 2.05) is 0 Å². The molecule has 2 rings (SSSR count). The molecule has 0 heterocycles. The van der Waals surface area contributed by atoms with Gasteiger partial charge < -0.3 is 9.90 Å². The van der Waals surface area contributed by atoms with Gasteiger partial charge in [-0.2, -0.15) is 0 Å². The van der Waals surface area contributed by atoms with Crippen molar-refractivity contribution >= 4 is 17.3 Å². The molecule has 0 aliphatic heterocycles. The maximum atomic E-state index is 11.1. The van der Waals surface area contributed by atoms with Crippen LogP contribution in [0.2, 0.25) is 0 Å². The molecule has 2 aromatic carbocycles. The Kier molecular flexibility index (Phi) is 3.61. The van der Waals surface area contributed by atoms with Crippen molar-refractivity contribution in [3.63, 3.8) is 0 Å². The number of nitro groups is 2. The number of benzene rings is 2. The van der Waals surface area contributed by atoms with Crippen LogP contribution >= 0.6 is 0 Å². The van der Waals surface area contributed by atoms with E-state index >= 15 is 0 Å². The SMILES string of the molecule is O=C([O-])c1ccccc1-c1c([N+](=O)[O-])cccc1[N+](=O)[O-]. The van der Waals surface area contributed by atoms with Gasteiger partial charge in [-0.3, -0.25) is 20.2 Å². The molecule has 21 heavy (non-hydrogen) atoms. The Morgan fingerprint density at radius 1 is 0.857 bits per heavy atom. The van der Waals surface area contributed by atoms with Crippen LogP contribution in [0.3, 0.4) is 0 Å². The Bertz CT molecular complexity index is 724. The number of hydrogen-bond acceptors (Lipinski definition) is 6. The molecule has 8 heteroatoms. The number of hydrogen-bond donors (Lipinski definition) is 0. The topological polar surface area (TPSA) is 126 Å². The average Bonchev–Trinajstić information content (AvgIpc) is 2.46. The van der Waals surface area contributed by atoms with E-state index in [1.165, 1.54) is 30.3 Å². The summed E-state index contributed by atoms with van der Waals surface area (Å²) >= 11 is 0. The van der Waals surface area contributed by atoms with E-state index in [-0.39, 0.29) is 16.7 Å². The molecule has 0 radical (unpaired) electrons. The van der Waals surface area contributed by atoms with Crippen molar-refractivity contribution in [2.45, 2.75) is 0 Å². The van der Waals surface area contributed by atoms with Gasteiger partial charge in [-0.15, -0.1) is 0 Å². The zero-order chi connectivity index (χ0) is 15.6. The maximum Gasteiger partial charge on any atom is 0.284 e. The maximum absolute atomic E-state index is 11.1. The Hall–Kier alpha value is -3.29. The van der Waals surface area contributed by atoms with Gasteiger partial charge in [-0.05, 0) is 6.07 Å². The van der Waals surface area contributed by atoms with Crippen LogP contribution in [0.5, 0.6) is 0 Å². The minimum Gasteiger partial charge on any atom is -0.545 e. The predicted octanol–water partition coefficient (Wildman–Crippen LogP) is 1.53. The van der Waals surface area contributed by atoms with Gasteiger partial charge in [0.05, 0.1) is 15.8 Å². The van der Waals surface area contributed by atoms with E-state index in [4.69, 9.17) is 0 Å². The number of carboxylic acid groups (broad SMARTS) is 1. The highest BCUT2D eigenvalue weighted by Crippen LogP contribution is 2.39. The monoisotopic (exact) mass is 287 g/mol. The van der Waals surface area contributed by atoms with Crippen LogP contribution in [0.1, 0.15) is 10.4 Å². The molecule has 106 valence electrons. The molecule has 0 unspecified atom stereocenters. The fourth-order valence-electron chi connectivity index (χ4n) is 1.99. The van der Waals surface area contributed by atoms with Crippen LogP contribution in [-0.4, -0.2) is 15.8 Å². The van der Waals surface area contributed by atoms with E-state index in [0.717, 1.165) is 12.1 Å². The van der Waals surface area contributed by atoms with Crippen LogP contribution < -0.4 is 5.11 Å². The first-order chi connectivity index (χ1) is 9.93. The van der Waals surface area contributed by atoms with Gasteiger partial charge in [-0.1, -0.05) is 24.3 Å². The zero-order valence-electron chi connectivity index (χ0n) is 10.4. The van der Waals surface area contributed by atoms with Gasteiger partial charge in [0.25, 0.3) is 11.4 Å². The van der Waals surface area contributed by atoms with E-state index in [9.17, 15) is 30.1 Å². The molecule has 0 aliphatic carbocycles. The number of aromatic carboxylic acids is 1. The van der Waals surface area contributed by atoms with Crippen molar-refractivity contribution in [1.29, 1.82) is 0 Å². The van der Waals surface area contributed by atoms with E-state index in [0.29, 0.717) is 0 Å². The van der Waals surface area contributed by atoms with Gasteiger partial charge in [0.1, 0.15) is 5.56 Å². The Morgan fingerprint density at radius 3 is 1.86 bits per heavy atom. The van der Waals surface area contributed by atoms with Crippen LogP contribution in [0.4, 0.5) is 11.4 Å². The lowest BCUT2D eigenvalue weighted by atomic mass is 9.96. The highest BCUT2D eigenvalue weighted by atomic mass is 16.6. The summed E-state index contributed by atoms with van der Waals surface area (Å²) in [5.41, 5.74) is -1.92. The molecular formula is C13H7N2O6-. The predicted molar refractivity (Wildman–Crippen MR) is 69.5 cm³/mol. The molecule has 8 nitrogen and oxygen atoms in total. The Labute approximate surface area is 117 Å². The molecule has 0 atom stereocenters. The molecule has 0 saturated carbocycles. The summed E-state index contributed by atoms with van der Waals surface area (Å²) in [5, 5.41) is 33.2. The Morgan fingerprint density at radius 2 is 1.38 bits per heavy atom. The second-order valence-electron chi connectivity index (χ2n) is 4.02. The van der Waals surface area contributed by atoms with Crippen molar-refractivity contribution < 1.29 is 19.7 Å². The minimum atomic E-state index is -1.57. The van der Waals surface area contributed by atoms with E-state index in [1.54, 1.807) is 0 Å². The second-order valence-corrected chi connectivity index (χ2v) is 4.02. The highest BCUT2D eigenvalue weighted by molar-refractivity contribution is 5.98. The fourth-order valence-corrected chi connectivity index (χ4v) is 1.99. The first-order valence-electron chi connectivity index (χ1n) is 5.66. The summed E-state index contributed by atoms with van der Waals surface area (Å²) < 4.78 is 0. The van der Waals surface area contributed by atoms with Crippen LogP contribution in [0.15, 0.2) is 42.5 Å². The first-order valence-corrected chi connectivity index (χ1v) is 5.66. The fraction of sp³-hybridized carbons (Fsp3) is 0. The number of carboxylic acids is 1. The molecule has 0 bridgehead atoms. The highest BCUT2D eigenvalue weighted by Gasteiger charge is 2.27. The van der Waals surface area contributed by atoms with Crippen molar-refractivity contribution in [1.82, 2.24) is 0 Å². The summed E-state index contributed by atoms with van der Waals surface area (Å²) in [6.07, 6.45) is 0. The van der Waals surface area contributed by atoms with E-state index in [2.05, 4.69) is 0 Å². The lowest BCUT2D eigenvalue weighted by Gasteiger charge is -2.10. The second kappa shape index (κ2) is 5.37. The third kappa shape index (κ3) is 2.54. The Balaban J connectivity index is 2.88.